The molecule has 0 bridgehead atoms. The van der Waals surface area contributed by atoms with Gasteiger partial charge in [0.1, 0.15) is 5.75 Å². The molecule has 2 rings (SSSR count). The second kappa shape index (κ2) is 7.33. The molecule has 21 heavy (non-hydrogen) atoms. The Hall–Kier alpha value is -2.50. The number of carboxylic acids is 1. The monoisotopic (exact) mass is 290 g/mol. The zero-order valence-electron chi connectivity index (χ0n) is 11.5. The van der Waals surface area contributed by atoms with Crippen LogP contribution < -0.4 is 15.4 Å². The number of hydrogen-bond acceptors (Lipinski definition) is 3. The zero-order chi connectivity index (χ0) is 15.1. The molecule has 112 valence electrons. The molecule has 0 fully saturated rings. The number of aliphatic carboxylic acids is 1. The number of hydrogen-bond donors (Lipinski definition) is 3. The van der Waals surface area contributed by atoms with Gasteiger partial charge in [0, 0.05) is 11.7 Å². The van der Waals surface area contributed by atoms with Gasteiger partial charge in [0.15, 0.2) is 6.61 Å². The van der Waals surface area contributed by atoms with Gasteiger partial charge in [-0.25, -0.2) is 9.59 Å². The van der Waals surface area contributed by atoms with Gasteiger partial charge in [0.05, 0.1) is 0 Å². The summed E-state index contributed by atoms with van der Waals surface area (Å²) in [4.78, 5) is 22.2. The van der Waals surface area contributed by atoms with Crippen LogP contribution in [0.5, 0.6) is 5.75 Å². The van der Waals surface area contributed by atoms with E-state index >= 15 is 0 Å². The largest absolute Gasteiger partial charge is 0.482 e. The van der Waals surface area contributed by atoms with Gasteiger partial charge in [-0.3, -0.25) is 0 Å². The van der Waals surface area contributed by atoms with Crippen LogP contribution in [0.4, 0.5) is 10.5 Å². The highest BCUT2D eigenvalue weighted by Crippen LogP contribution is 2.16. The van der Waals surface area contributed by atoms with Crippen molar-refractivity contribution in [3.05, 3.63) is 36.4 Å². The summed E-state index contributed by atoms with van der Waals surface area (Å²) in [6.45, 7) is -0.386. The summed E-state index contributed by atoms with van der Waals surface area (Å²) in [5.41, 5.74) is 0.626. The molecule has 0 radical (unpaired) electrons. The molecule has 6 heteroatoms. The minimum atomic E-state index is -1.03. The van der Waals surface area contributed by atoms with Crippen LogP contribution in [0.15, 0.2) is 36.4 Å². The first kappa shape index (κ1) is 14.9. The second-order valence-electron chi connectivity index (χ2n) is 4.79. The van der Waals surface area contributed by atoms with Crippen LogP contribution in [0.25, 0.3) is 0 Å². The van der Waals surface area contributed by atoms with Gasteiger partial charge in [-0.1, -0.05) is 12.2 Å². The molecule has 1 unspecified atom stereocenters. The van der Waals surface area contributed by atoms with Gasteiger partial charge in [-0.05, 0) is 43.5 Å². The second-order valence-corrected chi connectivity index (χ2v) is 4.79. The topological polar surface area (TPSA) is 87.7 Å². The predicted octanol–water partition coefficient (Wildman–Crippen LogP) is 2.38. The normalized spacial score (nSPS) is 17.0. The Balaban J connectivity index is 1.80. The van der Waals surface area contributed by atoms with Crippen molar-refractivity contribution in [2.24, 2.45) is 0 Å². The molecule has 6 nitrogen and oxygen atoms in total. The van der Waals surface area contributed by atoms with Crippen molar-refractivity contribution in [3.63, 3.8) is 0 Å². The van der Waals surface area contributed by atoms with E-state index in [0.717, 1.165) is 19.3 Å². The molecule has 1 aromatic rings. The van der Waals surface area contributed by atoms with Crippen molar-refractivity contribution in [2.45, 2.75) is 25.3 Å². The molecule has 0 spiro atoms. The zero-order valence-corrected chi connectivity index (χ0v) is 11.5. The number of carbonyl (C=O) groups is 2. The molecule has 2 amide bonds. The van der Waals surface area contributed by atoms with E-state index < -0.39 is 5.97 Å². The molecule has 0 aliphatic heterocycles. The van der Waals surface area contributed by atoms with Crippen molar-refractivity contribution in [3.8, 4) is 5.75 Å². The summed E-state index contributed by atoms with van der Waals surface area (Å²) in [6.07, 6.45) is 6.98. The first-order chi connectivity index (χ1) is 10.1. The average molecular weight is 290 g/mol. The third kappa shape index (κ3) is 5.18. The molecular weight excluding hydrogens is 272 g/mol. The average Bonchev–Trinajstić information content (AvgIpc) is 2.47. The number of rotatable bonds is 5. The van der Waals surface area contributed by atoms with Crippen LogP contribution in [-0.2, 0) is 4.79 Å². The van der Waals surface area contributed by atoms with Gasteiger partial charge in [-0.2, -0.15) is 0 Å². The number of urea groups is 1. The number of allylic oxidation sites excluding steroid dienone is 1. The van der Waals surface area contributed by atoms with E-state index in [2.05, 4.69) is 22.8 Å². The highest BCUT2D eigenvalue weighted by Gasteiger charge is 2.12. The Morgan fingerprint density at radius 3 is 2.62 bits per heavy atom. The Morgan fingerprint density at radius 2 is 2.00 bits per heavy atom. The number of carbonyl (C=O) groups excluding carboxylic acids is 1. The fraction of sp³-hybridized carbons (Fsp3) is 0.333. The molecule has 0 aromatic heterocycles. The van der Waals surface area contributed by atoms with E-state index in [4.69, 9.17) is 9.84 Å². The molecule has 0 saturated heterocycles. The van der Waals surface area contributed by atoms with Gasteiger partial charge >= 0.3 is 12.0 Å². The fourth-order valence-corrected chi connectivity index (χ4v) is 2.06. The lowest BCUT2D eigenvalue weighted by molar-refractivity contribution is -0.139. The SMILES string of the molecule is O=C(O)COc1ccc(NC(=O)NC2CC=CCC2)cc1. The van der Waals surface area contributed by atoms with Crippen molar-refractivity contribution in [1.29, 1.82) is 0 Å². The van der Waals surface area contributed by atoms with Crippen molar-refractivity contribution >= 4 is 17.7 Å². The van der Waals surface area contributed by atoms with Crippen molar-refractivity contribution in [1.82, 2.24) is 5.32 Å². The smallest absolute Gasteiger partial charge is 0.341 e. The highest BCUT2D eigenvalue weighted by atomic mass is 16.5. The molecule has 1 atom stereocenters. The standard InChI is InChI=1S/C15H18N2O4/c18-14(19)10-21-13-8-6-12(7-9-13)17-15(20)16-11-4-2-1-3-5-11/h1-2,6-9,11H,3-5,10H2,(H,18,19)(H2,16,17,20). The molecule has 1 aliphatic carbocycles. The van der Waals surface area contributed by atoms with E-state index in [1.165, 1.54) is 0 Å². The summed E-state index contributed by atoms with van der Waals surface area (Å²) in [5.74, 6) is -0.584. The van der Waals surface area contributed by atoms with E-state index in [-0.39, 0.29) is 18.7 Å². The first-order valence-corrected chi connectivity index (χ1v) is 6.80. The van der Waals surface area contributed by atoms with E-state index in [0.29, 0.717) is 11.4 Å². The van der Waals surface area contributed by atoms with Crippen LogP contribution in [0.2, 0.25) is 0 Å². The number of ether oxygens (including phenoxy) is 1. The van der Waals surface area contributed by atoms with Crippen molar-refractivity contribution < 1.29 is 19.4 Å². The molecule has 3 N–H and O–H groups in total. The maximum atomic E-state index is 11.8. The molecule has 1 aromatic carbocycles. The maximum Gasteiger partial charge on any atom is 0.341 e. The summed E-state index contributed by atoms with van der Waals surface area (Å²) in [6, 6.07) is 6.49. The van der Waals surface area contributed by atoms with Gasteiger partial charge in [-0.15, -0.1) is 0 Å². The summed E-state index contributed by atoms with van der Waals surface area (Å²) >= 11 is 0. The number of benzene rings is 1. The van der Waals surface area contributed by atoms with E-state index in [1.807, 2.05) is 0 Å². The Morgan fingerprint density at radius 1 is 1.24 bits per heavy atom. The van der Waals surface area contributed by atoms with Crippen molar-refractivity contribution in [2.75, 3.05) is 11.9 Å². The summed E-state index contributed by atoms with van der Waals surface area (Å²) in [7, 11) is 0. The Labute approximate surface area is 122 Å². The van der Waals surface area contributed by atoms with Crippen LogP contribution in [0.3, 0.4) is 0 Å². The molecule has 1 aliphatic rings. The summed E-state index contributed by atoms with van der Waals surface area (Å²) in [5, 5.41) is 14.2. The minimum Gasteiger partial charge on any atom is -0.482 e. The van der Waals surface area contributed by atoms with Gasteiger partial charge < -0.3 is 20.5 Å². The van der Waals surface area contributed by atoms with E-state index in [9.17, 15) is 9.59 Å². The predicted molar refractivity (Wildman–Crippen MR) is 78.5 cm³/mol. The fourth-order valence-electron chi connectivity index (χ4n) is 2.06. The minimum absolute atomic E-state index is 0.174. The van der Waals surface area contributed by atoms with Gasteiger partial charge in [0.25, 0.3) is 0 Å². The number of anilines is 1. The third-order valence-electron chi connectivity index (χ3n) is 3.08. The van der Waals surface area contributed by atoms with Crippen LogP contribution in [0, 0.1) is 0 Å². The highest BCUT2D eigenvalue weighted by molar-refractivity contribution is 5.89. The van der Waals surface area contributed by atoms with Gasteiger partial charge in [0.2, 0.25) is 0 Å². The maximum absolute atomic E-state index is 11.8. The lowest BCUT2D eigenvalue weighted by atomic mass is 10.0. The Bertz CT molecular complexity index is 525. The lowest BCUT2D eigenvalue weighted by Gasteiger charge is -2.19. The molecule has 0 saturated carbocycles. The lowest BCUT2D eigenvalue weighted by Crippen LogP contribution is -2.38. The van der Waals surface area contributed by atoms with E-state index in [1.54, 1.807) is 24.3 Å². The molecular formula is C15H18N2O4. The number of carboxylic acid groups (broad SMARTS) is 1. The van der Waals surface area contributed by atoms with Crippen LogP contribution in [-0.4, -0.2) is 29.8 Å². The van der Waals surface area contributed by atoms with Crippen LogP contribution in [0.1, 0.15) is 19.3 Å². The van der Waals surface area contributed by atoms with Crippen LogP contribution >= 0.6 is 0 Å². The Kier molecular flexibility index (Phi) is 5.20. The number of nitrogens with one attached hydrogen (secondary N) is 2. The molecule has 0 heterocycles. The third-order valence-corrected chi connectivity index (χ3v) is 3.08. The summed E-state index contributed by atoms with van der Waals surface area (Å²) < 4.78 is 5.01. The number of amides is 2. The quantitative estimate of drug-likeness (QED) is 0.726. The first-order valence-electron chi connectivity index (χ1n) is 6.80.